The Morgan fingerprint density at radius 1 is 1.12 bits per heavy atom. The van der Waals surface area contributed by atoms with Crippen molar-refractivity contribution < 1.29 is 26.7 Å². The number of sulfonamides is 1. The van der Waals surface area contributed by atoms with E-state index < -0.39 is 16.6 Å². The normalized spacial score (nSPS) is 17.5. The quantitative estimate of drug-likeness (QED) is 0.563. The third-order valence-corrected chi connectivity index (χ3v) is 7.63. The molecule has 1 aliphatic heterocycles. The number of carbonyl (C=O) groups excluding carboxylic acids is 1. The maximum absolute atomic E-state index is 13.4. The standard InChI is InChI=1S/C23H23F2N3O4S/c1-15-14-27(33(30,31)19-8-6-18(7-9-19)32-23(24)25)12-13-28(15)22(29)20-5-3-4-17-10-11-26-16(2)21(17)20/h3-11,15,23H,12-14H2,1-2H3/t15-/m0/s1. The molecule has 1 aromatic heterocycles. The van der Waals surface area contributed by atoms with Crippen LogP contribution < -0.4 is 4.74 Å². The summed E-state index contributed by atoms with van der Waals surface area (Å²) >= 11 is 0. The lowest BCUT2D eigenvalue weighted by molar-refractivity contribution is -0.0498. The predicted octanol–water partition coefficient (Wildman–Crippen LogP) is 3.68. The van der Waals surface area contributed by atoms with Gasteiger partial charge in [0.25, 0.3) is 5.91 Å². The molecule has 2 aromatic carbocycles. The summed E-state index contributed by atoms with van der Waals surface area (Å²) in [5, 5.41) is 1.71. The third-order valence-electron chi connectivity index (χ3n) is 5.75. The first kappa shape index (κ1) is 23.1. The number of aryl methyl sites for hydroxylation is 1. The highest BCUT2D eigenvalue weighted by Gasteiger charge is 2.35. The number of aromatic nitrogens is 1. The van der Waals surface area contributed by atoms with E-state index in [1.807, 2.05) is 25.1 Å². The SMILES string of the molecule is Cc1nccc2cccc(C(=O)N3CCN(S(=O)(=O)c4ccc(OC(F)F)cc4)C[C@@H]3C)c12. The first-order chi connectivity index (χ1) is 15.7. The van der Waals surface area contributed by atoms with Crippen LogP contribution in [0.3, 0.4) is 0 Å². The van der Waals surface area contributed by atoms with Crippen LogP contribution in [0.1, 0.15) is 23.0 Å². The Labute approximate surface area is 190 Å². The lowest BCUT2D eigenvalue weighted by atomic mass is 10.0. The number of hydrogen-bond donors (Lipinski definition) is 0. The smallest absolute Gasteiger partial charge is 0.387 e. The molecule has 10 heteroatoms. The van der Waals surface area contributed by atoms with E-state index >= 15 is 0 Å². The van der Waals surface area contributed by atoms with Crippen LogP contribution in [0.5, 0.6) is 5.75 Å². The molecule has 33 heavy (non-hydrogen) atoms. The van der Waals surface area contributed by atoms with Gasteiger partial charge in [0.1, 0.15) is 5.75 Å². The van der Waals surface area contributed by atoms with E-state index in [1.54, 1.807) is 24.1 Å². The van der Waals surface area contributed by atoms with Gasteiger partial charge in [-0.15, -0.1) is 0 Å². The topological polar surface area (TPSA) is 79.8 Å². The van der Waals surface area contributed by atoms with Crippen LogP contribution in [-0.4, -0.2) is 60.8 Å². The minimum Gasteiger partial charge on any atom is -0.435 e. The average Bonchev–Trinajstić information content (AvgIpc) is 2.78. The molecule has 3 aromatic rings. The summed E-state index contributed by atoms with van der Waals surface area (Å²) in [7, 11) is -3.85. The summed E-state index contributed by atoms with van der Waals surface area (Å²) in [6, 6.07) is 11.9. The number of nitrogens with zero attached hydrogens (tertiary/aromatic N) is 3. The molecule has 0 saturated carbocycles. The fourth-order valence-electron chi connectivity index (χ4n) is 4.13. The second kappa shape index (κ2) is 9.03. The largest absolute Gasteiger partial charge is 0.435 e. The maximum atomic E-state index is 13.4. The minimum atomic E-state index is -3.85. The molecular formula is C23H23F2N3O4S. The maximum Gasteiger partial charge on any atom is 0.387 e. The van der Waals surface area contributed by atoms with Gasteiger partial charge in [0.05, 0.1) is 4.90 Å². The number of pyridine rings is 1. The number of rotatable bonds is 5. The Morgan fingerprint density at radius 3 is 2.52 bits per heavy atom. The van der Waals surface area contributed by atoms with Gasteiger partial charge in [-0.1, -0.05) is 12.1 Å². The molecule has 7 nitrogen and oxygen atoms in total. The molecule has 0 spiro atoms. The third kappa shape index (κ3) is 4.53. The highest BCUT2D eigenvalue weighted by Crippen LogP contribution is 2.26. The summed E-state index contributed by atoms with van der Waals surface area (Å²) < 4.78 is 56.4. The van der Waals surface area contributed by atoms with Gasteiger partial charge in [0, 0.05) is 48.5 Å². The number of halogens is 2. The van der Waals surface area contributed by atoms with Gasteiger partial charge < -0.3 is 9.64 Å². The van der Waals surface area contributed by atoms with E-state index in [4.69, 9.17) is 0 Å². The monoisotopic (exact) mass is 475 g/mol. The van der Waals surface area contributed by atoms with Crippen molar-refractivity contribution in [3.63, 3.8) is 0 Å². The van der Waals surface area contributed by atoms with Crippen molar-refractivity contribution in [1.29, 1.82) is 0 Å². The molecule has 2 heterocycles. The molecule has 0 N–H and O–H groups in total. The summed E-state index contributed by atoms with van der Waals surface area (Å²) in [5.74, 6) is -0.289. The van der Waals surface area contributed by atoms with Crippen molar-refractivity contribution >= 4 is 26.7 Å². The van der Waals surface area contributed by atoms with Crippen molar-refractivity contribution in [1.82, 2.24) is 14.2 Å². The Morgan fingerprint density at radius 2 is 1.85 bits per heavy atom. The Balaban J connectivity index is 1.53. The number of carbonyl (C=O) groups is 1. The fourth-order valence-corrected chi connectivity index (χ4v) is 5.64. The molecule has 1 fully saturated rings. The van der Waals surface area contributed by atoms with Crippen molar-refractivity contribution in [3.8, 4) is 5.75 Å². The van der Waals surface area contributed by atoms with Crippen LogP contribution in [-0.2, 0) is 10.0 Å². The molecule has 1 saturated heterocycles. The van der Waals surface area contributed by atoms with Crippen molar-refractivity contribution in [2.45, 2.75) is 31.4 Å². The van der Waals surface area contributed by atoms with E-state index in [2.05, 4.69) is 9.72 Å². The van der Waals surface area contributed by atoms with Gasteiger partial charge in [-0.2, -0.15) is 13.1 Å². The van der Waals surface area contributed by atoms with E-state index in [0.717, 1.165) is 16.5 Å². The zero-order valence-corrected chi connectivity index (χ0v) is 18.9. The molecule has 4 rings (SSSR count). The minimum absolute atomic E-state index is 0.0214. The number of piperazine rings is 1. The Hall–Kier alpha value is -3.11. The number of amides is 1. The van der Waals surface area contributed by atoms with E-state index in [-0.39, 0.29) is 42.2 Å². The highest BCUT2D eigenvalue weighted by molar-refractivity contribution is 7.89. The molecule has 1 atom stereocenters. The van der Waals surface area contributed by atoms with Crippen LogP contribution in [0.25, 0.3) is 10.8 Å². The van der Waals surface area contributed by atoms with Gasteiger partial charge in [-0.05, 0) is 55.6 Å². The molecule has 0 radical (unpaired) electrons. The summed E-state index contributed by atoms with van der Waals surface area (Å²) in [5.41, 5.74) is 1.29. The van der Waals surface area contributed by atoms with Gasteiger partial charge in [-0.3, -0.25) is 9.78 Å². The number of hydrogen-bond acceptors (Lipinski definition) is 5. The second-order valence-electron chi connectivity index (χ2n) is 7.86. The Kier molecular flexibility index (Phi) is 6.31. The van der Waals surface area contributed by atoms with Crippen molar-refractivity contribution in [2.75, 3.05) is 19.6 Å². The summed E-state index contributed by atoms with van der Waals surface area (Å²) in [6.45, 7) is 1.13. The van der Waals surface area contributed by atoms with E-state index in [1.165, 1.54) is 28.6 Å². The van der Waals surface area contributed by atoms with Crippen LogP contribution >= 0.6 is 0 Å². The van der Waals surface area contributed by atoms with Crippen molar-refractivity contribution in [3.05, 3.63) is 66.0 Å². The van der Waals surface area contributed by atoms with Crippen LogP contribution in [0.15, 0.2) is 59.6 Å². The molecule has 0 unspecified atom stereocenters. The van der Waals surface area contributed by atoms with Gasteiger partial charge >= 0.3 is 6.61 Å². The summed E-state index contributed by atoms with van der Waals surface area (Å²) in [4.78, 5) is 19.3. The van der Waals surface area contributed by atoms with Gasteiger partial charge in [0.15, 0.2) is 0 Å². The average molecular weight is 476 g/mol. The van der Waals surface area contributed by atoms with E-state index in [0.29, 0.717) is 5.56 Å². The lowest BCUT2D eigenvalue weighted by Crippen LogP contribution is -2.55. The molecule has 174 valence electrons. The number of alkyl halides is 2. The Bertz CT molecular complexity index is 1280. The highest BCUT2D eigenvalue weighted by atomic mass is 32.2. The number of benzene rings is 2. The first-order valence-electron chi connectivity index (χ1n) is 10.4. The molecular weight excluding hydrogens is 452 g/mol. The van der Waals surface area contributed by atoms with E-state index in [9.17, 15) is 22.0 Å². The zero-order chi connectivity index (χ0) is 23.8. The van der Waals surface area contributed by atoms with Crippen LogP contribution in [0, 0.1) is 6.92 Å². The molecule has 0 aliphatic carbocycles. The first-order valence-corrected chi connectivity index (χ1v) is 11.8. The molecule has 1 aliphatic rings. The van der Waals surface area contributed by atoms with Crippen LogP contribution in [0.4, 0.5) is 8.78 Å². The second-order valence-corrected chi connectivity index (χ2v) is 9.80. The predicted molar refractivity (Wildman–Crippen MR) is 119 cm³/mol. The van der Waals surface area contributed by atoms with Gasteiger partial charge in [-0.25, -0.2) is 8.42 Å². The summed E-state index contributed by atoms with van der Waals surface area (Å²) in [6.07, 6.45) is 1.70. The van der Waals surface area contributed by atoms with Crippen LogP contribution in [0.2, 0.25) is 0 Å². The molecule has 1 amide bonds. The number of fused-ring (bicyclic) bond motifs is 1. The van der Waals surface area contributed by atoms with Gasteiger partial charge in [0.2, 0.25) is 10.0 Å². The fraction of sp³-hybridized carbons (Fsp3) is 0.304. The molecule has 0 bridgehead atoms. The lowest BCUT2D eigenvalue weighted by Gasteiger charge is -2.39. The number of ether oxygens (including phenoxy) is 1. The zero-order valence-electron chi connectivity index (χ0n) is 18.1. The van der Waals surface area contributed by atoms with Crippen molar-refractivity contribution in [2.24, 2.45) is 0 Å².